The maximum atomic E-state index is 13.2. The summed E-state index contributed by atoms with van der Waals surface area (Å²) < 4.78 is 17.9. The molecule has 0 saturated heterocycles. The van der Waals surface area contributed by atoms with Gasteiger partial charge in [0.1, 0.15) is 11.9 Å². The Morgan fingerprint density at radius 1 is 1.36 bits per heavy atom. The van der Waals surface area contributed by atoms with Gasteiger partial charge in [-0.3, -0.25) is 4.79 Å². The molecular weight excluding hydrogens is 287 g/mol. The number of nitrogens with two attached hydrogens (primary N) is 1. The van der Waals surface area contributed by atoms with Gasteiger partial charge in [0.05, 0.1) is 13.2 Å². The molecular formula is C16H23FN2O3. The van der Waals surface area contributed by atoms with Crippen molar-refractivity contribution in [2.75, 3.05) is 7.11 Å². The standard InChI is InChI=1S/C16H23FN2O3/c1-10(2)7-13(18)15(20)19-14(16(21)22-3)9-11-5-4-6-12(17)8-11/h4-6,8,10,13-14H,7,9,18H2,1-3H3,(H,19,20)/t13-,14?/m0/s1. The van der Waals surface area contributed by atoms with Crippen molar-refractivity contribution in [1.29, 1.82) is 0 Å². The highest BCUT2D eigenvalue weighted by Gasteiger charge is 2.25. The minimum atomic E-state index is -0.891. The third-order valence-corrected chi connectivity index (χ3v) is 3.19. The van der Waals surface area contributed by atoms with E-state index < -0.39 is 29.8 Å². The zero-order valence-corrected chi connectivity index (χ0v) is 13.1. The van der Waals surface area contributed by atoms with Gasteiger partial charge in [0.15, 0.2) is 0 Å². The van der Waals surface area contributed by atoms with Gasteiger partial charge in [-0.2, -0.15) is 0 Å². The average Bonchev–Trinajstić information content (AvgIpc) is 2.44. The first kappa shape index (κ1) is 18.1. The molecule has 1 unspecified atom stereocenters. The van der Waals surface area contributed by atoms with Gasteiger partial charge >= 0.3 is 5.97 Å². The molecule has 1 amide bonds. The lowest BCUT2D eigenvalue weighted by Gasteiger charge is -2.20. The number of amides is 1. The molecule has 0 bridgehead atoms. The smallest absolute Gasteiger partial charge is 0.328 e. The SMILES string of the molecule is COC(=O)C(Cc1cccc(F)c1)NC(=O)[C@@H](N)CC(C)C. The van der Waals surface area contributed by atoms with Crippen LogP contribution in [0.2, 0.25) is 0 Å². The van der Waals surface area contributed by atoms with Gasteiger partial charge in [-0.15, -0.1) is 0 Å². The van der Waals surface area contributed by atoms with Crippen molar-refractivity contribution in [2.45, 2.75) is 38.8 Å². The van der Waals surface area contributed by atoms with Crippen LogP contribution < -0.4 is 11.1 Å². The molecule has 1 aromatic rings. The molecule has 0 fully saturated rings. The second kappa shape index (κ2) is 8.48. The monoisotopic (exact) mass is 310 g/mol. The second-order valence-electron chi connectivity index (χ2n) is 5.65. The molecule has 5 nitrogen and oxygen atoms in total. The van der Waals surface area contributed by atoms with Gasteiger partial charge < -0.3 is 15.8 Å². The van der Waals surface area contributed by atoms with E-state index in [0.29, 0.717) is 12.0 Å². The van der Waals surface area contributed by atoms with Gasteiger partial charge in [-0.1, -0.05) is 26.0 Å². The Bertz CT molecular complexity index is 520. The summed E-state index contributed by atoms with van der Waals surface area (Å²) in [7, 11) is 1.24. The Labute approximate surface area is 130 Å². The number of nitrogens with one attached hydrogen (secondary N) is 1. The molecule has 22 heavy (non-hydrogen) atoms. The van der Waals surface area contributed by atoms with Crippen LogP contribution in [0.25, 0.3) is 0 Å². The lowest BCUT2D eigenvalue weighted by atomic mass is 10.0. The fourth-order valence-electron chi connectivity index (χ4n) is 2.13. The lowest BCUT2D eigenvalue weighted by molar-refractivity contribution is -0.145. The second-order valence-corrected chi connectivity index (χ2v) is 5.65. The number of benzene rings is 1. The van der Waals surface area contributed by atoms with Gasteiger partial charge in [-0.05, 0) is 30.0 Å². The van der Waals surface area contributed by atoms with Crippen molar-refractivity contribution in [1.82, 2.24) is 5.32 Å². The molecule has 2 atom stereocenters. The van der Waals surface area contributed by atoms with E-state index in [0.717, 1.165) is 0 Å². The van der Waals surface area contributed by atoms with E-state index in [1.54, 1.807) is 12.1 Å². The lowest BCUT2D eigenvalue weighted by Crippen LogP contribution is -2.50. The van der Waals surface area contributed by atoms with E-state index >= 15 is 0 Å². The highest BCUT2D eigenvalue weighted by molar-refractivity contribution is 5.87. The number of rotatable bonds is 7. The molecule has 1 aromatic carbocycles. The van der Waals surface area contributed by atoms with Crippen molar-refractivity contribution in [3.8, 4) is 0 Å². The third kappa shape index (κ3) is 5.81. The first-order chi connectivity index (χ1) is 10.3. The van der Waals surface area contributed by atoms with E-state index in [1.807, 2.05) is 13.8 Å². The number of ether oxygens (including phenoxy) is 1. The molecule has 3 N–H and O–H groups in total. The van der Waals surface area contributed by atoms with Crippen LogP contribution in [0.1, 0.15) is 25.8 Å². The van der Waals surface area contributed by atoms with Crippen LogP contribution in [0.5, 0.6) is 0 Å². The third-order valence-electron chi connectivity index (χ3n) is 3.19. The summed E-state index contributed by atoms with van der Waals surface area (Å²) in [5, 5.41) is 2.58. The predicted molar refractivity (Wildman–Crippen MR) is 81.5 cm³/mol. The van der Waals surface area contributed by atoms with Crippen LogP contribution in [0, 0.1) is 11.7 Å². The van der Waals surface area contributed by atoms with Gasteiger partial charge in [0.2, 0.25) is 5.91 Å². The van der Waals surface area contributed by atoms with E-state index in [-0.39, 0.29) is 12.3 Å². The molecule has 0 aliphatic heterocycles. The van der Waals surface area contributed by atoms with E-state index in [1.165, 1.54) is 19.2 Å². The van der Waals surface area contributed by atoms with Gasteiger partial charge in [0, 0.05) is 6.42 Å². The summed E-state index contributed by atoms with van der Waals surface area (Å²) in [6.45, 7) is 3.91. The van der Waals surface area contributed by atoms with Gasteiger partial charge in [0.25, 0.3) is 0 Å². The molecule has 0 saturated carbocycles. The number of halogens is 1. The summed E-state index contributed by atoms with van der Waals surface area (Å²) in [5.41, 5.74) is 6.39. The zero-order valence-electron chi connectivity index (χ0n) is 13.1. The Hall–Kier alpha value is -1.95. The van der Waals surface area contributed by atoms with Crippen LogP contribution in [0.3, 0.4) is 0 Å². The summed E-state index contributed by atoms with van der Waals surface area (Å²) >= 11 is 0. The number of methoxy groups -OCH3 is 1. The normalized spacial score (nSPS) is 13.5. The van der Waals surface area contributed by atoms with E-state index in [9.17, 15) is 14.0 Å². The molecule has 0 aliphatic rings. The topological polar surface area (TPSA) is 81.4 Å². The highest BCUT2D eigenvalue weighted by Crippen LogP contribution is 2.09. The molecule has 0 heterocycles. The average molecular weight is 310 g/mol. The summed E-state index contributed by atoms with van der Waals surface area (Å²) in [6.07, 6.45) is 0.657. The maximum absolute atomic E-state index is 13.2. The predicted octanol–water partition coefficient (Wildman–Crippen LogP) is 1.40. The first-order valence-corrected chi connectivity index (χ1v) is 7.21. The van der Waals surface area contributed by atoms with Crippen molar-refractivity contribution in [3.63, 3.8) is 0 Å². The number of carbonyl (C=O) groups excluding carboxylic acids is 2. The van der Waals surface area contributed by atoms with Crippen molar-refractivity contribution in [3.05, 3.63) is 35.6 Å². The van der Waals surface area contributed by atoms with E-state index in [4.69, 9.17) is 5.73 Å². The quantitative estimate of drug-likeness (QED) is 0.746. The molecule has 0 aromatic heterocycles. The maximum Gasteiger partial charge on any atom is 0.328 e. The minimum absolute atomic E-state index is 0.143. The summed E-state index contributed by atoms with van der Waals surface area (Å²) in [4.78, 5) is 23.9. The fourth-order valence-corrected chi connectivity index (χ4v) is 2.13. The molecule has 122 valence electrons. The van der Waals surface area contributed by atoms with Crippen LogP contribution in [-0.2, 0) is 20.7 Å². The Balaban J connectivity index is 2.77. The van der Waals surface area contributed by atoms with Crippen molar-refractivity contribution in [2.24, 2.45) is 11.7 Å². The van der Waals surface area contributed by atoms with E-state index in [2.05, 4.69) is 10.1 Å². The molecule has 0 spiro atoms. The number of carbonyl (C=O) groups is 2. The Morgan fingerprint density at radius 2 is 2.05 bits per heavy atom. The number of hydrogen-bond acceptors (Lipinski definition) is 4. The summed E-state index contributed by atoms with van der Waals surface area (Å²) in [6, 6.07) is 4.27. The summed E-state index contributed by atoms with van der Waals surface area (Å²) in [5.74, 6) is -1.14. The Morgan fingerprint density at radius 3 is 2.59 bits per heavy atom. The molecule has 0 aliphatic carbocycles. The largest absolute Gasteiger partial charge is 0.467 e. The molecule has 1 rings (SSSR count). The zero-order chi connectivity index (χ0) is 16.7. The van der Waals surface area contributed by atoms with Crippen LogP contribution >= 0.6 is 0 Å². The van der Waals surface area contributed by atoms with Gasteiger partial charge in [-0.25, -0.2) is 9.18 Å². The fraction of sp³-hybridized carbons (Fsp3) is 0.500. The molecule has 6 heteroatoms. The highest BCUT2D eigenvalue weighted by atomic mass is 19.1. The van der Waals surface area contributed by atoms with Crippen molar-refractivity contribution >= 4 is 11.9 Å². The molecule has 0 radical (unpaired) electrons. The Kier molecular flexibility index (Phi) is 6.98. The van der Waals surface area contributed by atoms with Crippen molar-refractivity contribution < 1.29 is 18.7 Å². The van der Waals surface area contributed by atoms with Crippen LogP contribution in [-0.4, -0.2) is 31.1 Å². The number of hydrogen-bond donors (Lipinski definition) is 2. The number of esters is 1. The van der Waals surface area contributed by atoms with Crippen LogP contribution in [0.4, 0.5) is 4.39 Å². The van der Waals surface area contributed by atoms with Crippen LogP contribution in [0.15, 0.2) is 24.3 Å². The first-order valence-electron chi connectivity index (χ1n) is 7.21. The minimum Gasteiger partial charge on any atom is -0.467 e.